The van der Waals surface area contributed by atoms with E-state index in [9.17, 15) is 0 Å². The first-order valence-electron chi connectivity index (χ1n) is 24.2. The zero-order valence-electron chi connectivity index (χ0n) is 40.9. The second-order valence-corrected chi connectivity index (χ2v) is 23.0. The van der Waals surface area contributed by atoms with Gasteiger partial charge in [0, 0.05) is 44.4 Å². The Kier molecular flexibility index (Phi) is 8.78. The van der Waals surface area contributed by atoms with Crippen molar-refractivity contribution in [2.75, 3.05) is 9.71 Å². The van der Waals surface area contributed by atoms with Gasteiger partial charge >= 0.3 is 6.85 Å². The van der Waals surface area contributed by atoms with E-state index in [1.54, 1.807) is 0 Å². The van der Waals surface area contributed by atoms with Gasteiger partial charge in [0.05, 0.1) is 11.4 Å². The molecule has 330 valence electrons. The van der Waals surface area contributed by atoms with Gasteiger partial charge in [-0.25, -0.2) is 0 Å². The average Bonchev–Trinajstić information content (AvgIpc) is 3.79. The van der Waals surface area contributed by atoms with Crippen LogP contribution in [0.3, 0.4) is 0 Å². The minimum absolute atomic E-state index is 0.0164. The summed E-state index contributed by atoms with van der Waals surface area (Å²) in [6.45, 7) is 25.5. The molecule has 12 rings (SSSR count). The topological polar surface area (TPSA) is 19.6 Å². The smallest absolute Gasteiger partial charge is 0.333 e. The van der Waals surface area contributed by atoms with E-state index in [1.165, 1.54) is 89.2 Å². The summed E-state index contributed by atoms with van der Waals surface area (Å²) in [5.41, 5.74) is 24.0. The minimum Gasteiger partial charge on any atom is -0.454 e. The summed E-state index contributed by atoms with van der Waals surface area (Å²) in [5.74, 6) is 0. The molecule has 0 spiro atoms. The summed E-state index contributed by atoms with van der Waals surface area (Å²) in [6.07, 6.45) is 0. The highest BCUT2D eigenvalue weighted by molar-refractivity contribution is 6.94. The Labute approximate surface area is 397 Å². The lowest BCUT2D eigenvalue weighted by Gasteiger charge is -2.46. The lowest BCUT2D eigenvalue weighted by molar-refractivity contribution is 0.590. The largest absolute Gasteiger partial charge is 0.454 e. The maximum atomic E-state index is 7.28. The Bertz CT molecular complexity index is 3500. The number of nitrogens with zero attached hydrogens (tertiary/aromatic N) is 2. The van der Waals surface area contributed by atoms with Gasteiger partial charge in [-0.05, 0) is 126 Å². The van der Waals surface area contributed by atoms with Crippen LogP contribution in [0, 0.1) is 0 Å². The van der Waals surface area contributed by atoms with Crippen molar-refractivity contribution < 1.29 is 4.42 Å². The van der Waals surface area contributed by atoms with Crippen molar-refractivity contribution in [3.63, 3.8) is 0 Å². The highest BCUT2D eigenvalue weighted by atomic mass is 16.3. The van der Waals surface area contributed by atoms with E-state index in [0.29, 0.717) is 0 Å². The van der Waals surface area contributed by atoms with Crippen molar-refractivity contribution in [1.82, 2.24) is 0 Å². The molecule has 1 aromatic heterocycles. The van der Waals surface area contributed by atoms with Gasteiger partial charge < -0.3 is 14.1 Å². The number of hydrogen-bond donors (Lipinski definition) is 0. The van der Waals surface area contributed by atoms with Crippen molar-refractivity contribution >= 4 is 68.1 Å². The lowest BCUT2D eigenvalue weighted by Crippen LogP contribution is -2.62. The van der Waals surface area contributed by atoms with Gasteiger partial charge in [0.25, 0.3) is 0 Å². The number of anilines is 5. The number of rotatable bonds is 3. The van der Waals surface area contributed by atoms with Gasteiger partial charge in [-0.15, -0.1) is 0 Å². The summed E-state index contributed by atoms with van der Waals surface area (Å²) >= 11 is 0. The molecule has 1 aliphatic carbocycles. The Morgan fingerprint density at radius 3 is 1.84 bits per heavy atom. The van der Waals surface area contributed by atoms with Crippen molar-refractivity contribution in [1.29, 1.82) is 0 Å². The van der Waals surface area contributed by atoms with Crippen molar-refractivity contribution in [3.8, 4) is 33.4 Å². The maximum Gasteiger partial charge on any atom is 0.333 e. The molecule has 4 heteroatoms. The first-order valence-corrected chi connectivity index (χ1v) is 24.2. The molecule has 0 atom stereocenters. The molecule has 0 saturated carbocycles. The summed E-state index contributed by atoms with van der Waals surface area (Å²) in [4.78, 5) is 5.28. The Morgan fingerprint density at radius 2 is 1.10 bits per heavy atom. The van der Waals surface area contributed by atoms with Gasteiger partial charge in [0.2, 0.25) is 0 Å². The summed E-state index contributed by atoms with van der Waals surface area (Å²) in [7, 11) is 0. The third-order valence-electron chi connectivity index (χ3n) is 15.3. The van der Waals surface area contributed by atoms with E-state index in [4.69, 9.17) is 4.42 Å². The van der Waals surface area contributed by atoms with Crippen LogP contribution in [0.25, 0.3) is 55.3 Å². The van der Waals surface area contributed by atoms with Crippen molar-refractivity contribution in [3.05, 3.63) is 186 Å². The van der Waals surface area contributed by atoms with Gasteiger partial charge in [-0.3, -0.25) is 0 Å². The lowest BCUT2D eigenvalue weighted by atomic mass is 9.43. The van der Waals surface area contributed by atoms with E-state index in [0.717, 1.165) is 33.3 Å². The number of furan rings is 1. The van der Waals surface area contributed by atoms with Gasteiger partial charge in [0.15, 0.2) is 5.58 Å². The third-order valence-corrected chi connectivity index (χ3v) is 15.3. The highest BCUT2D eigenvalue weighted by Gasteiger charge is 2.49. The monoisotopic (exact) mass is 870 g/mol. The Hall–Kier alpha value is -6.78. The molecule has 0 bridgehead atoms. The molecule has 0 saturated heterocycles. The van der Waals surface area contributed by atoms with Crippen molar-refractivity contribution in [2.24, 2.45) is 0 Å². The van der Waals surface area contributed by atoms with Crippen LogP contribution in [0.4, 0.5) is 28.4 Å². The molecule has 9 aromatic rings. The molecule has 0 radical (unpaired) electrons. The first kappa shape index (κ1) is 41.6. The number of hydrogen-bond acceptors (Lipinski definition) is 3. The summed E-state index contributed by atoms with van der Waals surface area (Å²) in [5, 5.41) is 2.26. The fourth-order valence-corrected chi connectivity index (χ4v) is 11.6. The second-order valence-electron chi connectivity index (χ2n) is 23.0. The SMILES string of the molecule is CC(C)(C)c1ccc(N2B3c4cc5c(cc4N(c4ccc(C(C)(C)C)cc4-c4ccccc4)c4c3c(cc3c4oc4ccccc43)-c3ccc(C(C)(C)C)cc32)-c2ccccc2C5(C)C)cc1. The van der Waals surface area contributed by atoms with E-state index in [2.05, 4.69) is 244 Å². The van der Waals surface area contributed by atoms with Crippen LogP contribution in [0.1, 0.15) is 104 Å². The molecule has 0 fully saturated rings. The normalized spacial score (nSPS) is 14.8. The number of fused-ring (bicyclic) bond motifs is 11. The average molecular weight is 871 g/mol. The molecular weight excluding hydrogens is 812 g/mol. The van der Waals surface area contributed by atoms with Crippen LogP contribution in [0.2, 0.25) is 0 Å². The molecule has 3 aliphatic rings. The van der Waals surface area contributed by atoms with E-state index in [-0.39, 0.29) is 28.5 Å². The zero-order chi connectivity index (χ0) is 46.5. The Morgan fingerprint density at radius 1 is 0.463 bits per heavy atom. The molecule has 8 aromatic carbocycles. The van der Waals surface area contributed by atoms with Gasteiger partial charge in [-0.2, -0.15) is 0 Å². The molecule has 2 aliphatic heterocycles. The maximum absolute atomic E-state index is 7.28. The predicted octanol–water partition coefficient (Wildman–Crippen LogP) is 16.2. The van der Waals surface area contributed by atoms with Crippen molar-refractivity contribution in [2.45, 2.75) is 97.8 Å². The van der Waals surface area contributed by atoms with Crippen LogP contribution in [0.15, 0.2) is 162 Å². The van der Waals surface area contributed by atoms with Crippen LogP contribution in [0.5, 0.6) is 0 Å². The third kappa shape index (κ3) is 6.17. The molecule has 67 heavy (non-hydrogen) atoms. The Balaban J connectivity index is 1.28. The molecule has 3 heterocycles. The predicted molar refractivity (Wildman–Crippen MR) is 287 cm³/mol. The molecule has 3 nitrogen and oxygen atoms in total. The second kappa shape index (κ2) is 14.1. The number of benzene rings is 8. The standard InChI is InChI=1S/C63H59BN2O/c1-60(2,3)39-25-29-42(30-26-39)66-54-34-41(62(7,8)9)27-31-44(54)48-35-49-45-22-16-18-24-56(45)67-59(49)58-57(48)64(66)52-37-51-47(43-21-15-17-23-50(43)63(51,10)11)36-55(52)65(58)53-32-28-40(61(4,5)6)33-46(53)38-19-13-12-14-20-38/h12-37H,1-11H3. The highest BCUT2D eigenvalue weighted by Crippen LogP contribution is 2.56. The van der Waals surface area contributed by atoms with Crippen LogP contribution in [-0.2, 0) is 21.7 Å². The fourth-order valence-electron chi connectivity index (χ4n) is 11.6. The summed E-state index contributed by atoms with van der Waals surface area (Å²) < 4.78 is 7.28. The van der Waals surface area contributed by atoms with E-state index in [1.807, 2.05) is 0 Å². The molecule has 0 N–H and O–H groups in total. The fraction of sp³-hybridized carbons (Fsp3) is 0.238. The van der Waals surface area contributed by atoms with Crippen LogP contribution in [-0.4, -0.2) is 6.85 Å². The van der Waals surface area contributed by atoms with E-state index >= 15 is 0 Å². The zero-order valence-corrected chi connectivity index (χ0v) is 40.9. The van der Waals surface area contributed by atoms with Crippen LogP contribution < -0.4 is 20.6 Å². The molecule has 0 amide bonds. The number of para-hydroxylation sites is 1. The minimum atomic E-state index is -0.202. The summed E-state index contributed by atoms with van der Waals surface area (Å²) in [6, 6.07) is 60.2. The van der Waals surface area contributed by atoms with Gasteiger partial charge in [-0.1, -0.05) is 185 Å². The molecular formula is C63H59BN2O. The van der Waals surface area contributed by atoms with E-state index < -0.39 is 0 Å². The van der Waals surface area contributed by atoms with Gasteiger partial charge in [0.1, 0.15) is 5.58 Å². The quantitative estimate of drug-likeness (QED) is 0.165. The molecule has 0 unspecified atom stereocenters. The first-order chi connectivity index (χ1) is 31.9. The van der Waals surface area contributed by atoms with Crippen LogP contribution >= 0.6 is 0 Å².